The summed E-state index contributed by atoms with van der Waals surface area (Å²) in [6, 6.07) is 6.88. The van der Waals surface area contributed by atoms with Crippen molar-refractivity contribution < 1.29 is 22.7 Å². The molecule has 1 N–H and O–H groups in total. The lowest BCUT2D eigenvalue weighted by molar-refractivity contribution is -0.121. The number of anilines is 1. The van der Waals surface area contributed by atoms with E-state index in [4.69, 9.17) is 9.47 Å². The molecule has 0 saturated carbocycles. The molecule has 1 aromatic carbocycles. The Hall–Kier alpha value is -1.84. The minimum absolute atomic E-state index is 0.0673. The molecule has 1 fully saturated rings. The molecule has 0 spiro atoms. The van der Waals surface area contributed by atoms with Gasteiger partial charge in [0.15, 0.2) is 0 Å². The van der Waals surface area contributed by atoms with Crippen LogP contribution in [0.5, 0.6) is 5.75 Å². The van der Waals surface area contributed by atoms with Crippen LogP contribution >= 0.6 is 0 Å². The van der Waals surface area contributed by atoms with Crippen molar-refractivity contribution in [3.05, 3.63) is 24.3 Å². The summed E-state index contributed by atoms with van der Waals surface area (Å²) in [6.45, 7) is 4.88. The van der Waals surface area contributed by atoms with Crippen molar-refractivity contribution in [3.8, 4) is 5.75 Å². The van der Waals surface area contributed by atoms with Crippen LogP contribution in [0.2, 0.25) is 0 Å². The minimum atomic E-state index is -3.44. The van der Waals surface area contributed by atoms with E-state index < -0.39 is 10.0 Å². The number of morpholine rings is 1. The summed E-state index contributed by atoms with van der Waals surface area (Å²) < 4.78 is 36.0. The quantitative estimate of drug-likeness (QED) is 0.623. The largest absolute Gasteiger partial charge is 0.497 e. The van der Waals surface area contributed by atoms with Crippen molar-refractivity contribution in [3.63, 3.8) is 0 Å². The van der Waals surface area contributed by atoms with Crippen molar-refractivity contribution >= 4 is 21.6 Å². The highest BCUT2D eigenvalue weighted by atomic mass is 32.2. The molecule has 1 amide bonds. The standard InChI is InChI=1S/C18H29N3O5S/c1-25-17-6-3-5-16(15-17)21(27(2,23)24)9-4-7-18(22)19-8-10-20-11-13-26-14-12-20/h3,5-6,15H,4,7-14H2,1-2H3,(H,19,22). The number of hydrogen-bond acceptors (Lipinski definition) is 6. The predicted molar refractivity (Wildman–Crippen MR) is 105 cm³/mol. The molecule has 0 atom stereocenters. The summed E-state index contributed by atoms with van der Waals surface area (Å²) in [5, 5.41) is 2.89. The Morgan fingerprint density at radius 3 is 2.74 bits per heavy atom. The molecule has 0 radical (unpaired) electrons. The number of nitrogens with one attached hydrogen (secondary N) is 1. The molecule has 1 saturated heterocycles. The van der Waals surface area contributed by atoms with Gasteiger partial charge in [0.25, 0.3) is 0 Å². The first-order valence-corrected chi connectivity index (χ1v) is 10.9. The summed E-state index contributed by atoms with van der Waals surface area (Å²) in [7, 11) is -1.91. The normalized spacial score (nSPS) is 15.3. The fourth-order valence-corrected chi connectivity index (χ4v) is 3.86. The summed E-state index contributed by atoms with van der Waals surface area (Å²) in [5.74, 6) is 0.518. The number of carbonyl (C=O) groups is 1. The number of sulfonamides is 1. The monoisotopic (exact) mass is 399 g/mol. The van der Waals surface area contributed by atoms with Crippen LogP contribution in [0.1, 0.15) is 12.8 Å². The van der Waals surface area contributed by atoms with Gasteiger partial charge in [-0.3, -0.25) is 14.0 Å². The highest BCUT2D eigenvalue weighted by Gasteiger charge is 2.18. The Kier molecular flexibility index (Phi) is 8.33. The van der Waals surface area contributed by atoms with E-state index in [1.165, 1.54) is 11.4 Å². The highest BCUT2D eigenvalue weighted by Crippen LogP contribution is 2.23. The van der Waals surface area contributed by atoms with Gasteiger partial charge in [0.05, 0.1) is 32.3 Å². The number of amides is 1. The molecule has 0 unspecified atom stereocenters. The van der Waals surface area contributed by atoms with E-state index >= 15 is 0 Å². The topological polar surface area (TPSA) is 88.2 Å². The van der Waals surface area contributed by atoms with Gasteiger partial charge in [-0.15, -0.1) is 0 Å². The maximum absolute atomic E-state index is 12.1. The van der Waals surface area contributed by atoms with Gasteiger partial charge in [0.1, 0.15) is 5.75 Å². The van der Waals surface area contributed by atoms with Crippen molar-refractivity contribution in [1.29, 1.82) is 0 Å². The first-order valence-electron chi connectivity index (χ1n) is 9.08. The number of carbonyl (C=O) groups excluding carboxylic acids is 1. The van der Waals surface area contributed by atoms with Crippen LogP contribution in [0.3, 0.4) is 0 Å². The summed E-state index contributed by atoms with van der Waals surface area (Å²) in [5.41, 5.74) is 0.532. The maximum atomic E-state index is 12.1. The number of rotatable bonds is 10. The molecule has 9 heteroatoms. The molecule has 1 aliphatic heterocycles. The zero-order valence-electron chi connectivity index (χ0n) is 16.0. The molecule has 0 aliphatic carbocycles. The Bertz CT molecular complexity index is 705. The second kappa shape index (κ2) is 10.5. The van der Waals surface area contributed by atoms with Gasteiger partial charge < -0.3 is 14.8 Å². The van der Waals surface area contributed by atoms with Gasteiger partial charge in [-0.05, 0) is 18.6 Å². The molecule has 27 heavy (non-hydrogen) atoms. The third-order valence-electron chi connectivity index (χ3n) is 4.36. The summed E-state index contributed by atoms with van der Waals surface area (Å²) >= 11 is 0. The maximum Gasteiger partial charge on any atom is 0.232 e. The van der Waals surface area contributed by atoms with Gasteiger partial charge in [0, 0.05) is 45.2 Å². The number of ether oxygens (including phenoxy) is 2. The lowest BCUT2D eigenvalue weighted by atomic mass is 10.2. The van der Waals surface area contributed by atoms with Crippen molar-refractivity contribution in [1.82, 2.24) is 10.2 Å². The Morgan fingerprint density at radius 1 is 1.33 bits per heavy atom. The van der Waals surface area contributed by atoms with E-state index in [0.29, 0.717) is 24.4 Å². The van der Waals surface area contributed by atoms with Gasteiger partial charge in [-0.25, -0.2) is 8.42 Å². The van der Waals surface area contributed by atoms with Crippen LogP contribution in [0.4, 0.5) is 5.69 Å². The molecule has 1 aromatic rings. The minimum Gasteiger partial charge on any atom is -0.497 e. The average molecular weight is 400 g/mol. The lowest BCUT2D eigenvalue weighted by Crippen LogP contribution is -2.41. The van der Waals surface area contributed by atoms with Crippen LogP contribution < -0.4 is 14.4 Å². The van der Waals surface area contributed by atoms with Crippen molar-refractivity contribution in [2.24, 2.45) is 0 Å². The number of benzene rings is 1. The number of hydrogen-bond donors (Lipinski definition) is 1. The number of nitrogens with zero attached hydrogens (tertiary/aromatic N) is 2. The Balaban J connectivity index is 1.78. The van der Waals surface area contributed by atoms with Crippen LogP contribution in [-0.2, 0) is 19.6 Å². The molecule has 8 nitrogen and oxygen atoms in total. The molecule has 0 aromatic heterocycles. The fraction of sp³-hybridized carbons (Fsp3) is 0.611. The second-order valence-corrected chi connectivity index (χ2v) is 8.35. The van der Waals surface area contributed by atoms with Crippen molar-refractivity contribution in [2.75, 3.05) is 63.6 Å². The smallest absolute Gasteiger partial charge is 0.232 e. The molecule has 2 rings (SSSR count). The highest BCUT2D eigenvalue weighted by molar-refractivity contribution is 7.92. The molecule has 0 bridgehead atoms. The molecular weight excluding hydrogens is 370 g/mol. The van der Waals surface area contributed by atoms with E-state index in [0.717, 1.165) is 39.1 Å². The van der Waals surface area contributed by atoms with E-state index in [9.17, 15) is 13.2 Å². The van der Waals surface area contributed by atoms with E-state index in [1.807, 2.05) is 0 Å². The lowest BCUT2D eigenvalue weighted by Gasteiger charge is -2.26. The first kappa shape index (κ1) is 21.5. The summed E-state index contributed by atoms with van der Waals surface area (Å²) in [6.07, 6.45) is 1.88. The third kappa shape index (κ3) is 7.36. The predicted octanol–water partition coefficient (Wildman–Crippen LogP) is 0.690. The van der Waals surface area contributed by atoms with Crippen LogP contribution in [-0.4, -0.2) is 78.5 Å². The zero-order valence-corrected chi connectivity index (χ0v) is 16.8. The van der Waals surface area contributed by atoms with Crippen molar-refractivity contribution in [2.45, 2.75) is 12.8 Å². The third-order valence-corrected chi connectivity index (χ3v) is 5.55. The Labute approximate surface area is 161 Å². The summed E-state index contributed by atoms with van der Waals surface area (Å²) in [4.78, 5) is 14.3. The SMILES string of the molecule is COc1cccc(N(CCCC(=O)NCCN2CCOCC2)S(C)(=O)=O)c1. The average Bonchev–Trinajstić information content (AvgIpc) is 2.65. The molecular formula is C18H29N3O5S. The van der Waals surface area contributed by atoms with Gasteiger partial charge >= 0.3 is 0 Å². The Morgan fingerprint density at radius 2 is 2.07 bits per heavy atom. The van der Waals surface area contributed by atoms with Gasteiger partial charge in [0.2, 0.25) is 15.9 Å². The van der Waals surface area contributed by atoms with Crippen LogP contribution in [0, 0.1) is 0 Å². The molecule has 152 valence electrons. The molecule has 1 heterocycles. The van der Waals surface area contributed by atoms with Crippen LogP contribution in [0.25, 0.3) is 0 Å². The number of methoxy groups -OCH3 is 1. The first-order chi connectivity index (χ1) is 12.9. The van der Waals surface area contributed by atoms with E-state index in [1.54, 1.807) is 24.3 Å². The van der Waals surface area contributed by atoms with Gasteiger partial charge in [-0.1, -0.05) is 6.07 Å². The van der Waals surface area contributed by atoms with Gasteiger partial charge in [-0.2, -0.15) is 0 Å². The van der Waals surface area contributed by atoms with E-state index in [2.05, 4.69) is 10.2 Å². The van der Waals surface area contributed by atoms with Crippen LogP contribution in [0.15, 0.2) is 24.3 Å². The fourth-order valence-electron chi connectivity index (χ4n) is 2.90. The van der Waals surface area contributed by atoms with E-state index in [-0.39, 0.29) is 18.9 Å². The molecule has 1 aliphatic rings. The second-order valence-electron chi connectivity index (χ2n) is 6.44. The zero-order chi connectivity index (χ0) is 19.7.